The molecule has 1 aliphatic carbocycles. The number of nitrogens with zero attached hydrogens (tertiary/aromatic N) is 2. The van der Waals surface area contributed by atoms with Gasteiger partial charge in [0.2, 0.25) is 0 Å². The van der Waals surface area contributed by atoms with Crippen molar-refractivity contribution in [3.8, 4) is 50.3 Å². The molecule has 0 fully saturated rings. The van der Waals surface area contributed by atoms with Crippen LogP contribution in [0.2, 0.25) is 0 Å². The van der Waals surface area contributed by atoms with Gasteiger partial charge in [-0.1, -0.05) is 152 Å². The third kappa shape index (κ3) is 4.94. The third-order valence-electron chi connectivity index (χ3n) is 10.2. The lowest BCUT2D eigenvalue weighted by molar-refractivity contribution is 0.959. The molecule has 51 heavy (non-hydrogen) atoms. The maximum absolute atomic E-state index is 5.18. The molecule has 1 aliphatic rings. The molecule has 0 amide bonds. The Bertz CT molecular complexity index is 2650. The lowest BCUT2D eigenvalue weighted by Crippen LogP contribution is -2.11. The number of para-hydroxylation sites is 3. The lowest BCUT2D eigenvalue weighted by Gasteiger charge is -2.19. The second-order valence-electron chi connectivity index (χ2n) is 13.2. The SMILES string of the molecule is c1ccc(-c2cc(NC3c4ccccc4-c4cc(-c5cccc6c7ccccc7n(-c7ccccc7)c56)ccc43)nc(-c3ccccc3)c2)cc1. The highest BCUT2D eigenvalue weighted by Crippen LogP contribution is 2.47. The Morgan fingerprint density at radius 1 is 0.431 bits per heavy atom. The van der Waals surface area contributed by atoms with Gasteiger partial charge in [-0.15, -0.1) is 0 Å². The monoisotopic (exact) mass is 651 g/mol. The molecule has 0 bridgehead atoms. The first-order chi connectivity index (χ1) is 25.3. The maximum Gasteiger partial charge on any atom is 0.128 e. The van der Waals surface area contributed by atoms with Crippen molar-refractivity contribution in [2.75, 3.05) is 5.32 Å². The van der Waals surface area contributed by atoms with E-state index in [1.165, 1.54) is 60.8 Å². The Hall–Kier alpha value is -6.71. The fourth-order valence-corrected chi connectivity index (χ4v) is 7.93. The van der Waals surface area contributed by atoms with E-state index in [9.17, 15) is 0 Å². The van der Waals surface area contributed by atoms with Crippen LogP contribution in [0.4, 0.5) is 5.82 Å². The van der Waals surface area contributed by atoms with Gasteiger partial charge < -0.3 is 9.88 Å². The molecule has 0 radical (unpaired) electrons. The van der Waals surface area contributed by atoms with Gasteiger partial charge in [0.05, 0.1) is 22.8 Å². The summed E-state index contributed by atoms with van der Waals surface area (Å²) in [5.41, 5.74) is 15.4. The van der Waals surface area contributed by atoms with E-state index in [0.29, 0.717) is 0 Å². The molecule has 0 spiro atoms. The van der Waals surface area contributed by atoms with Crippen molar-refractivity contribution in [2.45, 2.75) is 6.04 Å². The van der Waals surface area contributed by atoms with Crippen molar-refractivity contribution in [1.82, 2.24) is 9.55 Å². The number of aromatic nitrogens is 2. The van der Waals surface area contributed by atoms with Gasteiger partial charge in [0, 0.05) is 27.6 Å². The summed E-state index contributed by atoms with van der Waals surface area (Å²) in [6, 6.07) is 67.3. The first-order valence-electron chi connectivity index (χ1n) is 17.5. The van der Waals surface area contributed by atoms with Crippen molar-refractivity contribution in [2.24, 2.45) is 0 Å². The number of hydrogen-bond acceptors (Lipinski definition) is 2. The van der Waals surface area contributed by atoms with Crippen LogP contribution < -0.4 is 5.32 Å². The quantitative estimate of drug-likeness (QED) is 0.194. The molecule has 0 saturated carbocycles. The molecular weight excluding hydrogens is 619 g/mol. The van der Waals surface area contributed by atoms with Gasteiger partial charge in [-0.2, -0.15) is 0 Å². The number of anilines is 1. The average Bonchev–Trinajstić information content (AvgIpc) is 3.71. The van der Waals surface area contributed by atoms with Gasteiger partial charge >= 0.3 is 0 Å². The van der Waals surface area contributed by atoms with Crippen LogP contribution in [0.15, 0.2) is 188 Å². The largest absolute Gasteiger partial charge is 0.359 e. The number of rotatable bonds is 6. The summed E-state index contributed by atoms with van der Waals surface area (Å²) >= 11 is 0. The van der Waals surface area contributed by atoms with E-state index in [-0.39, 0.29) is 6.04 Å². The van der Waals surface area contributed by atoms with Crippen LogP contribution >= 0.6 is 0 Å². The predicted octanol–water partition coefficient (Wildman–Crippen LogP) is 12.4. The lowest BCUT2D eigenvalue weighted by atomic mass is 9.96. The maximum atomic E-state index is 5.18. The highest BCUT2D eigenvalue weighted by atomic mass is 15.0. The van der Waals surface area contributed by atoms with E-state index in [4.69, 9.17) is 4.98 Å². The Morgan fingerprint density at radius 2 is 1.08 bits per heavy atom. The smallest absolute Gasteiger partial charge is 0.128 e. The standard InChI is InChI=1S/C48H33N3/c1-4-15-32(16-5-1)35-30-44(33-17-6-2-7-18-33)49-46(31-35)50-47-40-23-11-10-21-38(40)43-29-34(27-28-41(43)47)37-24-14-25-42-39-22-12-13-26-45(39)51(48(37)42)36-19-8-3-9-20-36/h1-31,47H,(H,49,50). The molecule has 2 aromatic heterocycles. The fraction of sp³-hybridized carbons (Fsp3) is 0.0208. The first-order valence-corrected chi connectivity index (χ1v) is 17.5. The van der Waals surface area contributed by atoms with Gasteiger partial charge in [0.1, 0.15) is 5.82 Å². The second kappa shape index (κ2) is 12.0. The van der Waals surface area contributed by atoms with Crippen LogP contribution in [0.3, 0.4) is 0 Å². The van der Waals surface area contributed by atoms with Gasteiger partial charge in [0.25, 0.3) is 0 Å². The van der Waals surface area contributed by atoms with Crippen LogP contribution in [0.25, 0.3) is 72.1 Å². The van der Waals surface area contributed by atoms with Gasteiger partial charge in [-0.25, -0.2) is 4.98 Å². The highest BCUT2D eigenvalue weighted by molar-refractivity contribution is 6.14. The normalized spacial score (nSPS) is 13.3. The van der Waals surface area contributed by atoms with Crippen LogP contribution in [0.1, 0.15) is 17.2 Å². The van der Waals surface area contributed by atoms with Crippen LogP contribution in [-0.4, -0.2) is 9.55 Å². The van der Waals surface area contributed by atoms with Crippen molar-refractivity contribution >= 4 is 27.6 Å². The molecule has 1 N–H and O–H groups in total. The molecule has 2 heterocycles. The molecular formula is C48H33N3. The zero-order chi connectivity index (χ0) is 33.7. The molecule has 3 heteroatoms. The van der Waals surface area contributed by atoms with Gasteiger partial charge in [0.15, 0.2) is 0 Å². The molecule has 0 saturated heterocycles. The van der Waals surface area contributed by atoms with Crippen molar-refractivity contribution in [1.29, 1.82) is 0 Å². The Kier molecular flexibility index (Phi) is 6.88. The molecule has 240 valence electrons. The summed E-state index contributed by atoms with van der Waals surface area (Å²) in [5.74, 6) is 0.851. The fourth-order valence-electron chi connectivity index (χ4n) is 7.93. The number of benzene rings is 7. The summed E-state index contributed by atoms with van der Waals surface area (Å²) in [6.07, 6.45) is 0. The Balaban J connectivity index is 1.12. The minimum absolute atomic E-state index is 0.0426. The number of hydrogen-bond donors (Lipinski definition) is 1. The van der Waals surface area contributed by atoms with E-state index in [1.807, 2.05) is 6.07 Å². The average molecular weight is 652 g/mol. The van der Waals surface area contributed by atoms with Crippen molar-refractivity contribution in [3.63, 3.8) is 0 Å². The Labute approximate surface area is 297 Å². The van der Waals surface area contributed by atoms with E-state index < -0.39 is 0 Å². The van der Waals surface area contributed by atoms with Crippen LogP contribution in [0.5, 0.6) is 0 Å². The number of fused-ring (bicyclic) bond motifs is 6. The zero-order valence-corrected chi connectivity index (χ0v) is 27.9. The molecule has 1 unspecified atom stereocenters. The van der Waals surface area contributed by atoms with Crippen molar-refractivity contribution < 1.29 is 0 Å². The first kappa shape index (κ1) is 29.2. The molecule has 9 aromatic rings. The van der Waals surface area contributed by atoms with Gasteiger partial charge in [-0.05, 0) is 75.3 Å². The predicted molar refractivity (Wildman–Crippen MR) is 212 cm³/mol. The van der Waals surface area contributed by atoms with Crippen molar-refractivity contribution in [3.05, 3.63) is 199 Å². The molecule has 0 aliphatic heterocycles. The summed E-state index contributed by atoms with van der Waals surface area (Å²) in [5, 5.41) is 6.41. The highest BCUT2D eigenvalue weighted by Gasteiger charge is 2.30. The van der Waals surface area contributed by atoms with Crippen LogP contribution in [-0.2, 0) is 0 Å². The second-order valence-corrected chi connectivity index (χ2v) is 13.2. The minimum Gasteiger partial charge on any atom is -0.359 e. The molecule has 7 aromatic carbocycles. The van der Waals surface area contributed by atoms with E-state index in [2.05, 4.69) is 192 Å². The summed E-state index contributed by atoms with van der Waals surface area (Å²) < 4.78 is 2.42. The Morgan fingerprint density at radius 3 is 1.90 bits per heavy atom. The summed E-state index contributed by atoms with van der Waals surface area (Å²) in [4.78, 5) is 5.18. The molecule has 3 nitrogen and oxygen atoms in total. The van der Waals surface area contributed by atoms with E-state index in [0.717, 1.165) is 28.3 Å². The minimum atomic E-state index is -0.0426. The third-order valence-corrected chi connectivity index (χ3v) is 10.2. The number of nitrogens with one attached hydrogen (secondary N) is 1. The summed E-state index contributed by atoms with van der Waals surface area (Å²) in [7, 11) is 0. The number of pyridine rings is 1. The van der Waals surface area contributed by atoms with E-state index in [1.54, 1.807) is 0 Å². The van der Waals surface area contributed by atoms with Gasteiger partial charge in [-0.3, -0.25) is 0 Å². The molecule has 10 rings (SSSR count). The van der Waals surface area contributed by atoms with Crippen LogP contribution in [0, 0.1) is 0 Å². The van der Waals surface area contributed by atoms with E-state index >= 15 is 0 Å². The topological polar surface area (TPSA) is 29.9 Å². The molecule has 1 atom stereocenters. The zero-order valence-electron chi connectivity index (χ0n) is 27.9. The summed E-state index contributed by atoms with van der Waals surface area (Å²) in [6.45, 7) is 0.